The third kappa shape index (κ3) is 2.24. The van der Waals surface area contributed by atoms with Gasteiger partial charge in [0.1, 0.15) is 0 Å². The Bertz CT molecular complexity index is 573. The maximum Gasteiger partial charge on any atom is 0.239 e. The van der Waals surface area contributed by atoms with Gasteiger partial charge in [-0.15, -0.1) is 0 Å². The van der Waals surface area contributed by atoms with Crippen LogP contribution in [0.3, 0.4) is 0 Å². The molecule has 0 unspecified atom stereocenters. The number of halogens is 1. The molecule has 92 valence electrons. The lowest BCUT2D eigenvalue weighted by atomic mass is 10.1. The van der Waals surface area contributed by atoms with Crippen LogP contribution < -0.4 is 5.32 Å². The first kappa shape index (κ1) is 11.3. The van der Waals surface area contributed by atoms with Gasteiger partial charge in [0.2, 0.25) is 11.8 Å². The van der Waals surface area contributed by atoms with Crippen molar-refractivity contribution in [3.05, 3.63) is 35.5 Å². The second-order valence-electron chi connectivity index (χ2n) is 4.34. The van der Waals surface area contributed by atoms with Crippen molar-refractivity contribution in [2.24, 2.45) is 5.92 Å². The minimum Gasteiger partial charge on any atom is -0.338 e. The molecule has 1 saturated carbocycles. The van der Waals surface area contributed by atoms with Gasteiger partial charge >= 0.3 is 0 Å². The van der Waals surface area contributed by atoms with Gasteiger partial charge in [-0.05, 0) is 30.5 Å². The Morgan fingerprint density at radius 2 is 2.06 bits per heavy atom. The van der Waals surface area contributed by atoms with Crippen molar-refractivity contribution in [2.45, 2.75) is 12.8 Å². The van der Waals surface area contributed by atoms with Gasteiger partial charge in [0.05, 0.1) is 11.8 Å². The lowest BCUT2D eigenvalue weighted by molar-refractivity contribution is -0.117. The number of benzene rings is 1. The van der Waals surface area contributed by atoms with Crippen LogP contribution in [-0.2, 0) is 4.79 Å². The fourth-order valence-electron chi connectivity index (χ4n) is 1.72. The van der Waals surface area contributed by atoms with Crippen molar-refractivity contribution in [1.82, 2.24) is 5.16 Å². The Morgan fingerprint density at radius 1 is 1.33 bits per heavy atom. The molecule has 3 rings (SSSR count). The summed E-state index contributed by atoms with van der Waals surface area (Å²) in [6.45, 7) is 0. The fraction of sp³-hybridized carbons (Fsp3) is 0.231. The van der Waals surface area contributed by atoms with Gasteiger partial charge in [-0.1, -0.05) is 28.9 Å². The van der Waals surface area contributed by atoms with E-state index in [0.717, 1.165) is 24.0 Å². The van der Waals surface area contributed by atoms with E-state index in [4.69, 9.17) is 16.1 Å². The molecule has 1 aromatic heterocycles. The highest BCUT2D eigenvalue weighted by atomic mass is 35.5. The molecule has 2 aromatic rings. The van der Waals surface area contributed by atoms with E-state index in [1.54, 1.807) is 18.3 Å². The van der Waals surface area contributed by atoms with E-state index in [1.165, 1.54) is 0 Å². The van der Waals surface area contributed by atoms with Crippen LogP contribution in [0, 0.1) is 5.92 Å². The molecular formula is C13H11ClN2O2. The van der Waals surface area contributed by atoms with Gasteiger partial charge in [0.15, 0.2) is 0 Å². The summed E-state index contributed by atoms with van der Waals surface area (Å²) in [5.74, 6) is 0.532. The third-order valence-corrected chi connectivity index (χ3v) is 3.16. The average molecular weight is 263 g/mol. The van der Waals surface area contributed by atoms with Crippen LogP contribution in [0.25, 0.3) is 11.1 Å². The third-order valence-electron chi connectivity index (χ3n) is 2.91. The van der Waals surface area contributed by atoms with Crippen LogP contribution in [0.15, 0.2) is 35.0 Å². The normalized spacial score (nSPS) is 14.5. The van der Waals surface area contributed by atoms with Crippen molar-refractivity contribution in [2.75, 3.05) is 5.32 Å². The largest absolute Gasteiger partial charge is 0.338 e. The maximum absolute atomic E-state index is 11.7. The van der Waals surface area contributed by atoms with Gasteiger partial charge in [-0.2, -0.15) is 0 Å². The molecule has 1 aromatic carbocycles. The van der Waals surface area contributed by atoms with Crippen LogP contribution in [-0.4, -0.2) is 11.1 Å². The topological polar surface area (TPSA) is 55.1 Å². The molecular weight excluding hydrogens is 252 g/mol. The van der Waals surface area contributed by atoms with E-state index in [9.17, 15) is 4.79 Å². The van der Waals surface area contributed by atoms with Crippen LogP contribution in [0.1, 0.15) is 12.8 Å². The molecule has 4 nitrogen and oxygen atoms in total. The van der Waals surface area contributed by atoms with Crippen LogP contribution >= 0.6 is 11.6 Å². The summed E-state index contributed by atoms with van der Waals surface area (Å²) in [6, 6.07) is 7.30. The summed E-state index contributed by atoms with van der Waals surface area (Å²) in [5, 5.41) is 7.16. The van der Waals surface area contributed by atoms with Crippen molar-refractivity contribution in [1.29, 1.82) is 0 Å². The number of hydrogen-bond acceptors (Lipinski definition) is 3. The lowest BCUT2D eigenvalue weighted by Crippen LogP contribution is -2.13. The number of amides is 1. The molecule has 1 amide bonds. The second-order valence-corrected chi connectivity index (χ2v) is 4.78. The summed E-state index contributed by atoms with van der Waals surface area (Å²) < 4.78 is 5.08. The van der Waals surface area contributed by atoms with Crippen LogP contribution in [0.4, 0.5) is 5.88 Å². The van der Waals surface area contributed by atoms with Crippen LogP contribution in [0.5, 0.6) is 0 Å². The Balaban J connectivity index is 1.86. The number of rotatable bonds is 3. The van der Waals surface area contributed by atoms with Crippen molar-refractivity contribution < 1.29 is 9.32 Å². The number of anilines is 1. The van der Waals surface area contributed by atoms with E-state index in [0.29, 0.717) is 10.9 Å². The summed E-state index contributed by atoms with van der Waals surface area (Å²) in [6.07, 6.45) is 3.50. The zero-order valence-electron chi connectivity index (χ0n) is 9.52. The number of carbonyl (C=O) groups is 1. The van der Waals surface area contributed by atoms with Gasteiger partial charge in [0, 0.05) is 10.9 Å². The number of nitrogens with zero attached hydrogens (tertiary/aromatic N) is 1. The molecule has 0 aliphatic heterocycles. The van der Waals surface area contributed by atoms with E-state index in [-0.39, 0.29) is 11.8 Å². The fourth-order valence-corrected chi connectivity index (χ4v) is 1.85. The van der Waals surface area contributed by atoms with Gasteiger partial charge in [-0.25, -0.2) is 0 Å². The number of nitrogens with one attached hydrogen (secondary N) is 1. The molecule has 0 spiro atoms. The molecule has 0 radical (unpaired) electrons. The maximum atomic E-state index is 11.7. The summed E-state index contributed by atoms with van der Waals surface area (Å²) >= 11 is 5.84. The Morgan fingerprint density at radius 3 is 2.72 bits per heavy atom. The molecule has 0 atom stereocenters. The summed E-state index contributed by atoms with van der Waals surface area (Å²) in [7, 11) is 0. The van der Waals surface area contributed by atoms with Gasteiger partial charge in [-0.3, -0.25) is 10.1 Å². The van der Waals surface area contributed by atoms with E-state index in [2.05, 4.69) is 10.5 Å². The number of aromatic nitrogens is 1. The SMILES string of the molecule is O=C(Nc1oncc1-c1ccc(Cl)cc1)C1CC1. The highest BCUT2D eigenvalue weighted by molar-refractivity contribution is 6.30. The van der Waals surface area contributed by atoms with Crippen molar-refractivity contribution >= 4 is 23.4 Å². The zero-order chi connectivity index (χ0) is 12.5. The predicted octanol–water partition coefficient (Wildman–Crippen LogP) is 3.34. The molecule has 1 aliphatic rings. The molecule has 0 bridgehead atoms. The quantitative estimate of drug-likeness (QED) is 0.923. The monoisotopic (exact) mass is 262 g/mol. The minimum atomic E-state index is 0.00182. The Kier molecular flexibility index (Phi) is 2.80. The highest BCUT2D eigenvalue weighted by Gasteiger charge is 2.30. The molecule has 5 heteroatoms. The smallest absolute Gasteiger partial charge is 0.239 e. The zero-order valence-corrected chi connectivity index (χ0v) is 10.3. The Hall–Kier alpha value is -1.81. The minimum absolute atomic E-state index is 0.00182. The Labute approximate surface area is 109 Å². The van der Waals surface area contributed by atoms with Crippen molar-refractivity contribution in [3.63, 3.8) is 0 Å². The van der Waals surface area contributed by atoms with Gasteiger partial charge < -0.3 is 4.52 Å². The molecule has 1 aliphatic carbocycles. The van der Waals surface area contributed by atoms with E-state index in [1.807, 2.05) is 12.1 Å². The standard InChI is InChI=1S/C13H11ClN2O2/c14-10-5-3-8(4-6-10)11-7-15-18-13(11)16-12(17)9-1-2-9/h3-7,9H,1-2H2,(H,16,17). The van der Waals surface area contributed by atoms with Crippen molar-refractivity contribution in [3.8, 4) is 11.1 Å². The number of hydrogen-bond donors (Lipinski definition) is 1. The molecule has 1 fully saturated rings. The highest BCUT2D eigenvalue weighted by Crippen LogP contribution is 2.33. The van der Waals surface area contributed by atoms with E-state index >= 15 is 0 Å². The molecule has 0 saturated heterocycles. The second kappa shape index (κ2) is 4.46. The first-order valence-electron chi connectivity index (χ1n) is 5.75. The first-order chi connectivity index (χ1) is 8.74. The molecule has 1 heterocycles. The summed E-state index contributed by atoms with van der Waals surface area (Å²) in [5.41, 5.74) is 1.67. The average Bonchev–Trinajstić information content (AvgIpc) is 3.12. The number of carbonyl (C=O) groups excluding carboxylic acids is 1. The molecule has 1 N–H and O–H groups in total. The van der Waals surface area contributed by atoms with E-state index < -0.39 is 0 Å². The molecule has 18 heavy (non-hydrogen) atoms. The van der Waals surface area contributed by atoms with Gasteiger partial charge in [0.25, 0.3) is 0 Å². The predicted molar refractivity (Wildman–Crippen MR) is 68.3 cm³/mol. The first-order valence-corrected chi connectivity index (χ1v) is 6.13. The lowest BCUT2D eigenvalue weighted by Gasteiger charge is -2.03. The van der Waals surface area contributed by atoms with Crippen LogP contribution in [0.2, 0.25) is 5.02 Å². The summed E-state index contributed by atoms with van der Waals surface area (Å²) in [4.78, 5) is 11.7.